The molecule has 1 fully saturated rings. The van der Waals surface area contributed by atoms with E-state index in [9.17, 15) is 8.42 Å². The lowest BCUT2D eigenvalue weighted by molar-refractivity contribution is 0.0934. The Hall–Kier alpha value is -0.170. The number of nitrogens with zero attached hydrogens (tertiary/aromatic N) is 1. The first-order valence-corrected chi connectivity index (χ1v) is 7.93. The zero-order valence-electron chi connectivity index (χ0n) is 11.0. The molecule has 1 heterocycles. The Balaban J connectivity index is 2.47. The van der Waals surface area contributed by atoms with Crippen LogP contribution in [0.4, 0.5) is 0 Å². The van der Waals surface area contributed by atoms with Gasteiger partial charge in [0.15, 0.2) is 9.84 Å². The predicted octanol–water partition coefficient (Wildman–Crippen LogP) is -0.270. The first-order chi connectivity index (χ1) is 7.94. The molecule has 1 atom stereocenters. The van der Waals surface area contributed by atoms with Gasteiger partial charge in [0, 0.05) is 38.8 Å². The number of sulfone groups is 1. The Bertz CT molecular complexity index is 303. The molecule has 102 valence electrons. The van der Waals surface area contributed by atoms with Gasteiger partial charge in [-0.05, 0) is 0 Å². The van der Waals surface area contributed by atoms with Crippen molar-refractivity contribution in [3.05, 3.63) is 0 Å². The quantitative estimate of drug-likeness (QED) is 0.716. The maximum Gasteiger partial charge on any atom is 0.152 e. The predicted molar refractivity (Wildman–Crippen MR) is 69.0 cm³/mol. The van der Waals surface area contributed by atoms with Crippen LogP contribution in [-0.4, -0.2) is 70.3 Å². The molecule has 6 heteroatoms. The van der Waals surface area contributed by atoms with Crippen molar-refractivity contribution in [3.63, 3.8) is 0 Å². The van der Waals surface area contributed by atoms with Crippen LogP contribution in [0.2, 0.25) is 0 Å². The molecular formula is C11H24N2O3S. The van der Waals surface area contributed by atoms with Gasteiger partial charge < -0.3 is 10.1 Å². The molecule has 0 aliphatic carbocycles. The van der Waals surface area contributed by atoms with Crippen LogP contribution in [0.1, 0.15) is 13.8 Å². The highest BCUT2D eigenvalue weighted by Crippen LogP contribution is 2.08. The largest absolute Gasteiger partial charge is 0.383 e. The highest BCUT2D eigenvalue weighted by molar-refractivity contribution is 7.91. The van der Waals surface area contributed by atoms with Crippen LogP contribution in [0.5, 0.6) is 0 Å². The summed E-state index contributed by atoms with van der Waals surface area (Å²) in [5, 5.41) is 3.38. The van der Waals surface area contributed by atoms with Crippen molar-refractivity contribution in [1.29, 1.82) is 0 Å². The average Bonchev–Trinajstić information content (AvgIpc) is 2.24. The van der Waals surface area contributed by atoms with Gasteiger partial charge in [-0.25, -0.2) is 8.42 Å². The maximum atomic E-state index is 11.4. The molecule has 1 aliphatic rings. The van der Waals surface area contributed by atoms with Crippen molar-refractivity contribution in [3.8, 4) is 0 Å². The molecule has 1 N–H and O–H groups in total. The van der Waals surface area contributed by atoms with Crippen LogP contribution in [0.25, 0.3) is 0 Å². The first kappa shape index (κ1) is 14.9. The van der Waals surface area contributed by atoms with Crippen LogP contribution < -0.4 is 5.32 Å². The molecular weight excluding hydrogens is 240 g/mol. The molecule has 0 aromatic carbocycles. The van der Waals surface area contributed by atoms with Crippen molar-refractivity contribution in [2.45, 2.75) is 25.9 Å². The zero-order valence-corrected chi connectivity index (χ0v) is 11.8. The van der Waals surface area contributed by atoms with Crippen LogP contribution in [-0.2, 0) is 14.6 Å². The number of ether oxygens (including phenoxy) is 1. The third kappa shape index (κ3) is 5.33. The third-order valence-electron chi connectivity index (χ3n) is 3.02. The summed E-state index contributed by atoms with van der Waals surface area (Å²) in [5.74, 6) is 0.545. The van der Waals surface area contributed by atoms with Gasteiger partial charge in [-0.3, -0.25) is 4.90 Å². The van der Waals surface area contributed by atoms with Gasteiger partial charge in [0.2, 0.25) is 0 Å². The van der Waals surface area contributed by atoms with Gasteiger partial charge in [0.05, 0.1) is 18.1 Å². The fourth-order valence-electron chi connectivity index (χ4n) is 1.95. The molecule has 0 amide bonds. The van der Waals surface area contributed by atoms with Crippen LogP contribution in [0.3, 0.4) is 0 Å². The van der Waals surface area contributed by atoms with Crippen LogP contribution in [0, 0.1) is 0 Å². The summed E-state index contributed by atoms with van der Waals surface area (Å²) in [6.45, 7) is 6.92. The van der Waals surface area contributed by atoms with Crippen LogP contribution in [0.15, 0.2) is 0 Å². The van der Waals surface area contributed by atoms with E-state index in [2.05, 4.69) is 24.1 Å². The Morgan fingerprint density at radius 2 is 1.88 bits per heavy atom. The van der Waals surface area contributed by atoms with Gasteiger partial charge in [0.25, 0.3) is 0 Å². The van der Waals surface area contributed by atoms with Crippen molar-refractivity contribution in [1.82, 2.24) is 10.2 Å². The second-order valence-electron chi connectivity index (χ2n) is 4.86. The average molecular weight is 264 g/mol. The summed E-state index contributed by atoms with van der Waals surface area (Å²) >= 11 is 0. The summed E-state index contributed by atoms with van der Waals surface area (Å²) in [6.07, 6.45) is 0. The summed E-state index contributed by atoms with van der Waals surface area (Å²) in [5.41, 5.74) is 0. The Kier molecular flexibility index (Phi) is 5.85. The number of rotatable bonds is 6. The molecule has 0 saturated carbocycles. The monoisotopic (exact) mass is 264 g/mol. The van der Waals surface area contributed by atoms with Gasteiger partial charge in [-0.2, -0.15) is 0 Å². The lowest BCUT2D eigenvalue weighted by atomic mass is 10.2. The number of hydrogen-bond acceptors (Lipinski definition) is 5. The molecule has 1 saturated heterocycles. The number of methoxy groups -OCH3 is 1. The molecule has 0 radical (unpaired) electrons. The topological polar surface area (TPSA) is 58.6 Å². The van der Waals surface area contributed by atoms with Crippen molar-refractivity contribution < 1.29 is 13.2 Å². The van der Waals surface area contributed by atoms with Gasteiger partial charge in [0.1, 0.15) is 0 Å². The molecule has 1 unspecified atom stereocenters. The molecule has 1 rings (SSSR count). The fraction of sp³-hybridized carbons (Fsp3) is 1.00. The van der Waals surface area contributed by atoms with Crippen LogP contribution >= 0.6 is 0 Å². The molecule has 0 aromatic heterocycles. The molecule has 0 aromatic rings. The maximum absolute atomic E-state index is 11.4. The minimum absolute atomic E-state index is 0.262. The lowest BCUT2D eigenvalue weighted by Gasteiger charge is -2.34. The number of hydrogen-bond donors (Lipinski definition) is 1. The standard InChI is InChI=1S/C11H24N2O3S/c1-10(2)12-8-11(9-16-3)13-4-6-17(14,15)7-5-13/h10-12H,4-9H2,1-3H3. The van der Waals surface area contributed by atoms with E-state index in [-0.39, 0.29) is 17.5 Å². The SMILES string of the molecule is COCC(CNC(C)C)N1CCS(=O)(=O)CC1. The van der Waals surface area contributed by atoms with E-state index < -0.39 is 9.84 Å². The van der Waals surface area contributed by atoms with Gasteiger partial charge >= 0.3 is 0 Å². The van der Waals surface area contributed by atoms with E-state index in [4.69, 9.17) is 4.74 Å². The van der Waals surface area contributed by atoms with E-state index >= 15 is 0 Å². The van der Waals surface area contributed by atoms with Crippen molar-refractivity contribution >= 4 is 9.84 Å². The Morgan fingerprint density at radius 3 is 2.35 bits per heavy atom. The molecule has 1 aliphatic heterocycles. The normalized spacial score (nSPS) is 22.8. The minimum atomic E-state index is -2.80. The summed E-state index contributed by atoms with van der Waals surface area (Å²) in [6, 6.07) is 0.695. The molecule has 17 heavy (non-hydrogen) atoms. The van der Waals surface area contributed by atoms with E-state index in [1.54, 1.807) is 7.11 Å². The highest BCUT2D eigenvalue weighted by Gasteiger charge is 2.26. The molecule has 5 nitrogen and oxygen atoms in total. The van der Waals surface area contributed by atoms with Crippen molar-refractivity contribution in [2.75, 3.05) is 44.9 Å². The second-order valence-corrected chi connectivity index (χ2v) is 7.16. The fourth-order valence-corrected chi connectivity index (χ4v) is 3.18. The Labute approximate surface area is 104 Å². The highest BCUT2D eigenvalue weighted by atomic mass is 32.2. The smallest absolute Gasteiger partial charge is 0.152 e. The summed E-state index contributed by atoms with van der Waals surface area (Å²) in [7, 11) is -1.11. The van der Waals surface area contributed by atoms with E-state index in [0.29, 0.717) is 25.7 Å². The third-order valence-corrected chi connectivity index (χ3v) is 4.63. The van der Waals surface area contributed by atoms with E-state index in [1.807, 2.05) is 0 Å². The van der Waals surface area contributed by atoms with E-state index in [1.165, 1.54) is 0 Å². The lowest BCUT2D eigenvalue weighted by Crippen LogP contribution is -2.52. The second kappa shape index (κ2) is 6.68. The first-order valence-electron chi connectivity index (χ1n) is 6.11. The Morgan fingerprint density at radius 1 is 1.29 bits per heavy atom. The minimum Gasteiger partial charge on any atom is -0.383 e. The number of nitrogens with one attached hydrogen (secondary N) is 1. The summed E-state index contributed by atoms with van der Waals surface area (Å²) in [4.78, 5) is 2.21. The molecule has 0 spiro atoms. The van der Waals surface area contributed by atoms with Gasteiger partial charge in [-0.1, -0.05) is 13.8 Å². The molecule has 0 bridgehead atoms. The van der Waals surface area contributed by atoms with Crippen molar-refractivity contribution in [2.24, 2.45) is 0 Å². The van der Waals surface area contributed by atoms with Gasteiger partial charge in [-0.15, -0.1) is 0 Å². The van der Waals surface area contributed by atoms with E-state index in [0.717, 1.165) is 6.54 Å². The summed E-state index contributed by atoms with van der Waals surface area (Å²) < 4.78 is 27.9. The zero-order chi connectivity index (χ0) is 12.9.